The first-order valence-corrected chi connectivity index (χ1v) is 4.92. The lowest BCUT2D eigenvalue weighted by Crippen LogP contribution is -2.40. The standard InChI is InChI=1S/C9H19NO3/c11-5-7-13-6-4-10-3-1-2-9(12)8-10/h9,11-12H,1-8H2/t9-/m0/s1. The predicted molar refractivity (Wildman–Crippen MR) is 49.6 cm³/mol. The lowest BCUT2D eigenvalue weighted by Gasteiger charge is -2.29. The van der Waals surface area contributed by atoms with Crippen LogP contribution in [-0.4, -0.2) is 60.7 Å². The van der Waals surface area contributed by atoms with E-state index in [1.807, 2.05) is 0 Å². The van der Waals surface area contributed by atoms with Gasteiger partial charge in [0.2, 0.25) is 0 Å². The average Bonchev–Trinajstić information content (AvgIpc) is 2.13. The quantitative estimate of drug-likeness (QED) is 0.570. The Balaban J connectivity index is 2.00. The van der Waals surface area contributed by atoms with Crippen molar-refractivity contribution in [1.82, 2.24) is 4.90 Å². The number of hydrogen-bond acceptors (Lipinski definition) is 4. The Morgan fingerprint density at radius 2 is 2.23 bits per heavy atom. The highest BCUT2D eigenvalue weighted by Gasteiger charge is 2.16. The molecule has 1 fully saturated rings. The predicted octanol–water partition coefficient (Wildman–Crippen LogP) is -0.548. The molecule has 0 aromatic rings. The molecule has 4 heteroatoms. The fourth-order valence-corrected chi connectivity index (χ4v) is 1.59. The largest absolute Gasteiger partial charge is 0.394 e. The normalized spacial score (nSPS) is 24.9. The first kappa shape index (κ1) is 10.9. The van der Waals surface area contributed by atoms with Crippen LogP contribution < -0.4 is 0 Å². The molecule has 1 aliphatic rings. The minimum absolute atomic E-state index is 0.0859. The molecule has 1 rings (SSSR count). The van der Waals surface area contributed by atoms with Gasteiger partial charge >= 0.3 is 0 Å². The van der Waals surface area contributed by atoms with Gasteiger partial charge in [-0.1, -0.05) is 0 Å². The van der Waals surface area contributed by atoms with Crippen LogP contribution in [-0.2, 0) is 4.74 Å². The summed E-state index contributed by atoms with van der Waals surface area (Å²) in [6.45, 7) is 3.82. The van der Waals surface area contributed by atoms with Crippen LogP contribution in [0.4, 0.5) is 0 Å². The summed E-state index contributed by atoms with van der Waals surface area (Å²) in [5.41, 5.74) is 0. The van der Waals surface area contributed by atoms with E-state index in [0.717, 1.165) is 32.5 Å². The molecule has 13 heavy (non-hydrogen) atoms. The van der Waals surface area contributed by atoms with E-state index in [-0.39, 0.29) is 12.7 Å². The molecule has 4 nitrogen and oxygen atoms in total. The maximum absolute atomic E-state index is 9.36. The van der Waals surface area contributed by atoms with Crippen molar-refractivity contribution in [2.45, 2.75) is 18.9 Å². The molecule has 78 valence electrons. The van der Waals surface area contributed by atoms with Crippen LogP contribution >= 0.6 is 0 Å². The molecule has 0 bridgehead atoms. The molecule has 0 saturated carbocycles. The molecule has 1 saturated heterocycles. The van der Waals surface area contributed by atoms with Gasteiger partial charge in [-0.05, 0) is 19.4 Å². The summed E-state index contributed by atoms with van der Waals surface area (Å²) >= 11 is 0. The summed E-state index contributed by atoms with van der Waals surface area (Å²) in [5, 5.41) is 17.8. The van der Waals surface area contributed by atoms with E-state index in [9.17, 15) is 5.11 Å². The van der Waals surface area contributed by atoms with E-state index in [0.29, 0.717) is 13.2 Å². The van der Waals surface area contributed by atoms with Gasteiger partial charge in [0.05, 0.1) is 25.9 Å². The molecule has 0 radical (unpaired) electrons. The van der Waals surface area contributed by atoms with Crippen molar-refractivity contribution >= 4 is 0 Å². The summed E-state index contributed by atoms with van der Waals surface area (Å²) < 4.78 is 5.15. The van der Waals surface area contributed by atoms with Gasteiger partial charge in [0.25, 0.3) is 0 Å². The molecule has 1 heterocycles. The second kappa shape index (κ2) is 6.32. The van der Waals surface area contributed by atoms with Gasteiger partial charge in [0.1, 0.15) is 0 Å². The third-order valence-electron chi connectivity index (χ3n) is 2.27. The highest BCUT2D eigenvalue weighted by molar-refractivity contribution is 4.71. The number of β-amino-alcohol motifs (C(OH)–C–C–N with tert-alkyl or cyclic N) is 1. The zero-order valence-corrected chi connectivity index (χ0v) is 7.98. The van der Waals surface area contributed by atoms with Gasteiger partial charge < -0.3 is 14.9 Å². The molecule has 0 amide bonds. The van der Waals surface area contributed by atoms with Crippen molar-refractivity contribution in [3.05, 3.63) is 0 Å². The highest BCUT2D eigenvalue weighted by Crippen LogP contribution is 2.08. The molecular weight excluding hydrogens is 170 g/mol. The number of piperidine rings is 1. The van der Waals surface area contributed by atoms with Gasteiger partial charge in [0.15, 0.2) is 0 Å². The Labute approximate surface area is 79.1 Å². The molecular formula is C9H19NO3. The second-order valence-electron chi connectivity index (χ2n) is 3.43. The number of rotatable bonds is 5. The van der Waals surface area contributed by atoms with Crippen LogP contribution in [0.5, 0.6) is 0 Å². The SMILES string of the molecule is OCCOCCN1CCC[C@H](O)C1. The number of aliphatic hydroxyl groups excluding tert-OH is 2. The molecule has 0 unspecified atom stereocenters. The third kappa shape index (κ3) is 4.57. The van der Waals surface area contributed by atoms with Crippen molar-refractivity contribution in [3.63, 3.8) is 0 Å². The van der Waals surface area contributed by atoms with Gasteiger partial charge in [0, 0.05) is 13.1 Å². The Morgan fingerprint density at radius 1 is 1.38 bits per heavy atom. The summed E-state index contributed by atoms with van der Waals surface area (Å²) in [5.74, 6) is 0. The molecule has 0 spiro atoms. The van der Waals surface area contributed by atoms with E-state index in [1.165, 1.54) is 0 Å². The highest BCUT2D eigenvalue weighted by atomic mass is 16.5. The first-order chi connectivity index (χ1) is 6.33. The maximum Gasteiger partial charge on any atom is 0.0698 e. The zero-order valence-electron chi connectivity index (χ0n) is 7.98. The lowest BCUT2D eigenvalue weighted by molar-refractivity contribution is 0.0366. The Bertz CT molecular complexity index is 132. The molecule has 2 N–H and O–H groups in total. The Hall–Kier alpha value is -0.160. The topological polar surface area (TPSA) is 52.9 Å². The Kier molecular flexibility index (Phi) is 5.31. The van der Waals surface area contributed by atoms with Gasteiger partial charge in [-0.25, -0.2) is 0 Å². The minimum Gasteiger partial charge on any atom is -0.394 e. The van der Waals surface area contributed by atoms with E-state index >= 15 is 0 Å². The van der Waals surface area contributed by atoms with Crippen molar-refractivity contribution in [2.75, 3.05) is 39.5 Å². The van der Waals surface area contributed by atoms with Crippen LogP contribution in [0, 0.1) is 0 Å². The van der Waals surface area contributed by atoms with Crippen LogP contribution in [0.15, 0.2) is 0 Å². The fourth-order valence-electron chi connectivity index (χ4n) is 1.59. The van der Waals surface area contributed by atoms with Crippen LogP contribution in [0.25, 0.3) is 0 Å². The van der Waals surface area contributed by atoms with Crippen LogP contribution in [0.3, 0.4) is 0 Å². The van der Waals surface area contributed by atoms with Crippen molar-refractivity contribution in [3.8, 4) is 0 Å². The number of likely N-dealkylation sites (tertiary alicyclic amines) is 1. The van der Waals surface area contributed by atoms with Crippen LogP contribution in [0.1, 0.15) is 12.8 Å². The molecule has 0 aromatic carbocycles. The summed E-state index contributed by atoms with van der Waals surface area (Å²) in [6, 6.07) is 0. The molecule has 1 atom stereocenters. The first-order valence-electron chi connectivity index (χ1n) is 4.92. The second-order valence-corrected chi connectivity index (χ2v) is 3.43. The zero-order chi connectivity index (χ0) is 9.52. The molecule has 0 aliphatic carbocycles. The lowest BCUT2D eigenvalue weighted by atomic mass is 10.1. The monoisotopic (exact) mass is 189 g/mol. The van der Waals surface area contributed by atoms with Crippen LogP contribution in [0.2, 0.25) is 0 Å². The van der Waals surface area contributed by atoms with Crippen molar-refractivity contribution in [2.24, 2.45) is 0 Å². The van der Waals surface area contributed by atoms with Gasteiger partial charge in [-0.15, -0.1) is 0 Å². The van der Waals surface area contributed by atoms with Gasteiger partial charge in [-0.3, -0.25) is 4.90 Å². The minimum atomic E-state index is -0.161. The smallest absolute Gasteiger partial charge is 0.0698 e. The van der Waals surface area contributed by atoms with E-state index in [2.05, 4.69) is 4.90 Å². The number of hydrogen-bond donors (Lipinski definition) is 2. The Morgan fingerprint density at radius 3 is 2.92 bits per heavy atom. The maximum atomic E-state index is 9.36. The summed E-state index contributed by atoms with van der Waals surface area (Å²) in [6.07, 6.45) is 1.83. The number of ether oxygens (including phenoxy) is 1. The summed E-state index contributed by atoms with van der Waals surface area (Å²) in [7, 11) is 0. The van der Waals surface area contributed by atoms with Crippen molar-refractivity contribution < 1.29 is 14.9 Å². The van der Waals surface area contributed by atoms with E-state index in [1.54, 1.807) is 0 Å². The van der Waals surface area contributed by atoms with Gasteiger partial charge in [-0.2, -0.15) is 0 Å². The third-order valence-corrected chi connectivity index (χ3v) is 2.27. The molecule has 0 aromatic heterocycles. The average molecular weight is 189 g/mol. The molecule has 1 aliphatic heterocycles. The number of nitrogens with zero attached hydrogens (tertiary/aromatic N) is 1. The summed E-state index contributed by atoms with van der Waals surface area (Å²) in [4.78, 5) is 2.20. The van der Waals surface area contributed by atoms with Crippen molar-refractivity contribution in [1.29, 1.82) is 0 Å². The van der Waals surface area contributed by atoms with E-state index < -0.39 is 0 Å². The fraction of sp³-hybridized carbons (Fsp3) is 1.00. The van der Waals surface area contributed by atoms with E-state index in [4.69, 9.17) is 9.84 Å². The number of aliphatic hydroxyl groups is 2.